The van der Waals surface area contributed by atoms with Crippen molar-refractivity contribution in [2.45, 2.75) is 18.8 Å². The maximum absolute atomic E-state index is 13.9. The number of aryl methyl sites for hydroxylation is 1. The molecule has 1 amide bonds. The van der Waals surface area contributed by atoms with Gasteiger partial charge in [-0.25, -0.2) is 4.39 Å². The third kappa shape index (κ3) is 1.48. The number of rotatable bonds is 1. The summed E-state index contributed by atoms with van der Waals surface area (Å²) < 4.78 is 19.3. The van der Waals surface area contributed by atoms with E-state index in [1.807, 2.05) is 13.0 Å². The van der Waals surface area contributed by atoms with Gasteiger partial charge < -0.3 is 15.8 Å². The summed E-state index contributed by atoms with van der Waals surface area (Å²) in [5.41, 5.74) is 6.01. The highest BCUT2D eigenvalue weighted by molar-refractivity contribution is 6.12. The molecule has 0 unspecified atom stereocenters. The van der Waals surface area contributed by atoms with Gasteiger partial charge in [0, 0.05) is 16.9 Å². The van der Waals surface area contributed by atoms with Gasteiger partial charge in [-0.1, -0.05) is 6.92 Å². The van der Waals surface area contributed by atoms with Crippen molar-refractivity contribution in [1.82, 2.24) is 10.2 Å². The zero-order chi connectivity index (χ0) is 17.1. The van der Waals surface area contributed by atoms with E-state index in [9.17, 15) is 14.4 Å². The van der Waals surface area contributed by atoms with Crippen LogP contribution in [0, 0.1) is 17.1 Å². The van der Waals surface area contributed by atoms with Crippen LogP contribution >= 0.6 is 0 Å². The smallest absolute Gasteiger partial charge is 0.245 e. The van der Waals surface area contributed by atoms with E-state index >= 15 is 0 Å². The number of hydrogen-bond donors (Lipinski definition) is 3. The van der Waals surface area contributed by atoms with Gasteiger partial charge in [-0.2, -0.15) is 5.26 Å². The van der Waals surface area contributed by atoms with Gasteiger partial charge in [0.05, 0.1) is 5.56 Å². The Morgan fingerprint density at radius 2 is 2.29 bits per heavy atom. The maximum atomic E-state index is 13.9. The van der Waals surface area contributed by atoms with Gasteiger partial charge in [0.1, 0.15) is 22.9 Å². The van der Waals surface area contributed by atoms with Crippen LogP contribution in [0.2, 0.25) is 0 Å². The highest BCUT2D eigenvalue weighted by Crippen LogP contribution is 2.53. The fourth-order valence-corrected chi connectivity index (χ4v) is 3.45. The van der Waals surface area contributed by atoms with E-state index in [1.165, 1.54) is 18.2 Å². The van der Waals surface area contributed by atoms with Crippen molar-refractivity contribution in [3.05, 3.63) is 52.3 Å². The molecule has 0 fully saturated rings. The minimum absolute atomic E-state index is 0.0760. The number of aromatic nitrogens is 2. The van der Waals surface area contributed by atoms with Crippen LogP contribution in [-0.2, 0) is 16.6 Å². The second-order valence-corrected chi connectivity index (χ2v) is 5.58. The van der Waals surface area contributed by atoms with E-state index in [-0.39, 0.29) is 17.3 Å². The summed E-state index contributed by atoms with van der Waals surface area (Å²) >= 11 is 0. The quantitative estimate of drug-likeness (QED) is 0.733. The van der Waals surface area contributed by atoms with Crippen LogP contribution < -0.4 is 15.8 Å². The van der Waals surface area contributed by atoms with E-state index < -0.39 is 17.1 Å². The summed E-state index contributed by atoms with van der Waals surface area (Å²) in [6, 6.07) is 5.90. The molecule has 0 saturated carbocycles. The lowest BCUT2D eigenvalue weighted by Gasteiger charge is -2.31. The zero-order valence-corrected chi connectivity index (χ0v) is 12.6. The molecule has 4 rings (SSSR count). The number of halogens is 1. The predicted molar refractivity (Wildman–Crippen MR) is 81.2 cm³/mol. The molecule has 0 saturated heterocycles. The van der Waals surface area contributed by atoms with Gasteiger partial charge in [-0.3, -0.25) is 9.89 Å². The standard InChI is InChI=1S/C16H12FN5O2/c1-2-10-12-14(22-21-10)24-13(19)9(6-18)16(12)8-5-7(17)3-4-11(8)20-15(16)23/h3-5H,2,19H2,1H3,(H,20,23)(H,21,22)/t16-/m0/s1. The van der Waals surface area contributed by atoms with Gasteiger partial charge in [0.15, 0.2) is 0 Å². The number of H-pyrrole nitrogens is 1. The number of carbonyl (C=O) groups excluding carboxylic acids is 1. The Kier molecular flexibility index (Phi) is 2.72. The predicted octanol–water partition coefficient (Wildman–Crippen LogP) is 1.44. The number of aromatic amines is 1. The number of anilines is 1. The average molecular weight is 325 g/mol. The van der Waals surface area contributed by atoms with Gasteiger partial charge in [0.2, 0.25) is 17.7 Å². The minimum atomic E-state index is -1.57. The first-order valence-corrected chi connectivity index (χ1v) is 7.31. The summed E-state index contributed by atoms with van der Waals surface area (Å²) in [5.74, 6) is -1.10. The molecule has 0 radical (unpaired) electrons. The highest BCUT2D eigenvalue weighted by Gasteiger charge is 2.58. The molecule has 2 aliphatic rings. The molecule has 120 valence electrons. The van der Waals surface area contributed by atoms with Crippen LogP contribution in [0.15, 0.2) is 29.7 Å². The molecule has 4 N–H and O–H groups in total. The molecule has 0 bridgehead atoms. The molecule has 0 aliphatic carbocycles. The Hall–Kier alpha value is -3.34. The van der Waals surface area contributed by atoms with Crippen molar-refractivity contribution in [1.29, 1.82) is 5.26 Å². The average Bonchev–Trinajstić information content (AvgIpc) is 3.08. The molecule has 24 heavy (non-hydrogen) atoms. The van der Waals surface area contributed by atoms with Crippen molar-refractivity contribution in [3.63, 3.8) is 0 Å². The van der Waals surface area contributed by atoms with Crippen LogP contribution in [0.25, 0.3) is 0 Å². The molecule has 1 atom stereocenters. The van der Waals surface area contributed by atoms with Gasteiger partial charge in [-0.15, -0.1) is 5.10 Å². The molecule has 3 heterocycles. The number of amides is 1. The second-order valence-electron chi connectivity index (χ2n) is 5.58. The molecule has 1 aromatic heterocycles. The summed E-state index contributed by atoms with van der Waals surface area (Å²) in [4.78, 5) is 13.0. The molecule has 2 aliphatic heterocycles. The lowest BCUT2D eigenvalue weighted by Crippen LogP contribution is -2.42. The van der Waals surface area contributed by atoms with Crippen LogP contribution in [0.4, 0.5) is 10.1 Å². The largest absolute Gasteiger partial charge is 0.420 e. The molecule has 1 aromatic carbocycles. The van der Waals surface area contributed by atoms with Crippen molar-refractivity contribution in [3.8, 4) is 11.9 Å². The Labute approximate surface area is 135 Å². The lowest BCUT2D eigenvalue weighted by atomic mass is 9.69. The summed E-state index contributed by atoms with van der Waals surface area (Å²) in [6.07, 6.45) is 0.518. The maximum Gasteiger partial charge on any atom is 0.245 e. The number of nitrogens with one attached hydrogen (secondary N) is 2. The van der Waals surface area contributed by atoms with Crippen LogP contribution in [0.1, 0.15) is 23.7 Å². The first kappa shape index (κ1) is 14.3. The number of benzene rings is 1. The molecular weight excluding hydrogens is 313 g/mol. The number of fused-ring (bicyclic) bond motifs is 4. The Morgan fingerprint density at radius 3 is 3.00 bits per heavy atom. The topological polar surface area (TPSA) is 117 Å². The van der Waals surface area contributed by atoms with E-state index in [0.717, 1.165) is 0 Å². The van der Waals surface area contributed by atoms with Crippen molar-refractivity contribution >= 4 is 11.6 Å². The first-order valence-electron chi connectivity index (χ1n) is 7.31. The number of nitriles is 1. The van der Waals surface area contributed by atoms with Crippen LogP contribution in [0.3, 0.4) is 0 Å². The first-order chi connectivity index (χ1) is 11.5. The molecular formula is C16H12FN5O2. The number of ether oxygens (including phenoxy) is 1. The normalized spacial score (nSPS) is 21.1. The third-order valence-electron chi connectivity index (χ3n) is 4.45. The summed E-state index contributed by atoms with van der Waals surface area (Å²) in [5, 5.41) is 19.2. The van der Waals surface area contributed by atoms with E-state index in [1.54, 1.807) is 0 Å². The Balaban J connectivity index is 2.17. The minimum Gasteiger partial charge on any atom is -0.420 e. The van der Waals surface area contributed by atoms with Crippen molar-refractivity contribution < 1.29 is 13.9 Å². The number of nitrogens with two attached hydrogens (primary N) is 1. The number of nitrogens with zero attached hydrogens (tertiary/aromatic N) is 2. The van der Waals surface area contributed by atoms with Gasteiger partial charge in [0.25, 0.3) is 0 Å². The Morgan fingerprint density at radius 1 is 1.50 bits per heavy atom. The number of hydrogen-bond acceptors (Lipinski definition) is 5. The van der Waals surface area contributed by atoms with Crippen LogP contribution in [-0.4, -0.2) is 16.1 Å². The summed E-state index contributed by atoms with van der Waals surface area (Å²) in [7, 11) is 0. The fraction of sp³-hybridized carbons (Fsp3) is 0.188. The third-order valence-corrected chi connectivity index (χ3v) is 4.45. The van der Waals surface area contributed by atoms with Crippen molar-refractivity contribution in [2.75, 3.05) is 5.32 Å². The van der Waals surface area contributed by atoms with Crippen LogP contribution in [0.5, 0.6) is 5.88 Å². The van der Waals surface area contributed by atoms with Crippen molar-refractivity contribution in [2.24, 2.45) is 5.73 Å². The summed E-state index contributed by atoms with van der Waals surface area (Å²) in [6.45, 7) is 1.87. The monoisotopic (exact) mass is 325 g/mol. The van der Waals surface area contributed by atoms with E-state index in [2.05, 4.69) is 15.5 Å². The second kappa shape index (κ2) is 4.58. The van der Waals surface area contributed by atoms with E-state index in [4.69, 9.17) is 10.5 Å². The fourth-order valence-electron chi connectivity index (χ4n) is 3.45. The van der Waals surface area contributed by atoms with E-state index in [0.29, 0.717) is 28.9 Å². The number of carbonyl (C=O) groups is 1. The lowest BCUT2D eigenvalue weighted by molar-refractivity contribution is -0.118. The zero-order valence-electron chi connectivity index (χ0n) is 12.6. The Bertz CT molecular complexity index is 971. The molecule has 7 nitrogen and oxygen atoms in total. The van der Waals surface area contributed by atoms with Gasteiger partial charge in [-0.05, 0) is 24.6 Å². The molecule has 1 spiro atoms. The molecule has 8 heteroatoms. The molecule has 2 aromatic rings. The van der Waals surface area contributed by atoms with Gasteiger partial charge >= 0.3 is 0 Å². The SMILES string of the molecule is CCc1[nH]nc2c1[C@@]1(C(=O)Nc3ccc(F)cc31)C(C#N)=C(N)O2. The highest BCUT2D eigenvalue weighted by atomic mass is 19.1.